The number of aryl methyl sites for hydroxylation is 1. The molecule has 0 radical (unpaired) electrons. The van der Waals surface area contributed by atoms with Gasteiger partial charge in [-0.1, -0.05) is 12.1 Å². The minimum absolute atomic E-state index is 0.145. The van der Waals surface area contributed by atoms with Crippen molar-refractivity contribution in [1.29, 1.82) is 4.78 Å². The number of carbonyl (C=O) groups is 1. The van der Waals surface area contributed by atoms with Crippen LogP contribution in [-0.2, 0) is 15.9 Å². The second kappa shape index (κ2) is 9.10. The standard InChI is InChI=1S/C21H18BrF3N4O3S/c1-11-7-8-15(22)16(9-11)32-20-17(12(2)18(28-29-20)21(23,24)25)19(30)27-13-5-4-6-14(10-13)33(3,26)31/h4-10,26H,1-3H3,(H,27,30). The molecule has 1 heterocycles. The number of nitrogens with zero attached hydrogens (tertiary/aromatic N) is 2. The van der Waals surface area contributed by atoms with Crippen molar-refractivity contribution in [3.63, 3.8) is 0 Å². The van der Waals surface area contributed by atoms with E-state index >= 15 is 0 Å². The molecule has 0 aliphatic rings. The Morgan fingerprint density at radius 2 is 1.85 bits per heavy atom. The van der Waals surface area contributed by atoms with Crippen LogP contribution in [0.25, 0.3) is 0 Å². The zero-order valence-electron chi connectivity index (χ0n) is 17.6. The Kier molecular flexibility index (Phi) is 6.80. The van der Waals surface area contributed by atoms with Crippen LogP contribution < -0.4 is 10.1 Å². The highest BCUT2D eigenvalue weighted by Gasteiger charge is 2.38. The van der Waals surface area contributed by atoms with Crippen molar-refractivity contribution < 1.29 is 26.9 Å². The summed E-state index contributed by atoms with van der Waals surface area (Å²) >= 11 is 3.30. The topological polar surface area (TPSA) is 105 Å². The van der Waals surface area contributed by atoms with Gasteiger partial charge in [0.15, 0.2) is 5.69 Å². The van der Waals surface area contributed by atoms with Gasteiger partial charge >= 0.3 is 6.18 Å². The average Bonchev–Trinajstić information content (AvgIpc) is 2.69. The van der Waals surface area contributed by atoms with Crippen LogP contribution >= 0.6 is 15.9 Å². The molecule has 12 heteroatoms. The lowest BCUT2D eigenvalue weighted by Crippen LogP contribution is -2.21. The minimum Gasteiger partial charge on any atom is -0.436 e. The van der Waals surface area contributed by atoms with Gasteiger partial charge in [0.2, 0.25) is 0 Å². The summed E-state index contributed by atoms with van der Waals surface area (Å²) in [6.07, 6.45) is -3.63. The third-order valence-corrected chi connectivity index (χ3v) is 6.32. The number of ether oxygens (including phenoxy) is 1. The van der Waals surface area contributed by atoms with Crippen molar-refractivity contribution >= 4 is 37.3 Å². The molecule has 1 atom stereocenters. The number of carbonyl (C=O) groups excluding carboxylic acids is 1. The molecule has 0 aliphatic carbocycles. The summed E-state index contributed by atoms with van der Waals surface area (Å²) in [5, 5.41) is 9.25. The number of anilines is 1. The van der Waals surface area contributed by atoms with E-state index in [4.69, 9.17) is 9.52 Å². The Hall–Kier alpha value is -2.99. The summed E-state index contributed by atoms with van der Waals surface area (Å²) in [6.45, 7) is 2.89. The third-order valence-electron chi connectivity index (χ3n) is 4.52. The predicted molar refractivity (Wildman–Crippen MR) is 120 cm³/mol. The first-order chi connectivity index (χ1) is 15.3. The molecule has 33 heavy (non-hydrogen) atoms. The number of rotatable bonds is 5. The Morgan fingerprint density at radius 3 is 2.48 bits per heavy atom. The zero-order valence-corrected chi connectivity index (χ0v) is 20.0. The fourth-order valence-corrected chi connectivity index (χ4v) is 3.93. The van der Waals surface area contributed by atoms with Crippen molar-refractivity contribution in [3.8, 4) is 11.6 Å². The molecule has 0 fully saturated rings. The Morgan fingerprint density at radius 1 is 1.15 bits per heavy atom. The molecule has 0 spiro atoms. The van der Waals surface area contributed by atoms with E-state index < -0.39 is 44.5 Å². The van der Waals surface area contributed by atoms with E-state index in [1.54, 1.807) is 25.1 Å². The van der Waals surface area contributed by atoms with Gasteiger partial charge in [-0.15, -0.1) is 10.2 Å². The van der Waals surface area contributed by atoms with Crippen LogP contribution in [0.1, 0.15) is 27.2 Å². The zero-order chi connectivity index (χ0) is 24.6. The van der Waals surface area contributed by atoms with Gasteiger partial charge in [0.1, 0.15) is 11.3 Å². The van der Waals surface area contributed by atoms with Gasteiger partial charge < -0.3 is 10.1 Å². The molecule has 3 aromatic rings. The predicted octanol–water partition coefficient (Wildman–Crippen LogP) is 5.95. The van der Waals surface area contributed by atoms with Crippen molar-refractivity contribution in [1.82, 2.24) is 10.2 Å². The molecule has 174 valence electrons. The van der Waals surface area contributed by atoms with E-state index in [0.717, 1.165) is 12.5 Å². The number of halogens is 4. The number of hydrogen-bond donors (Lipinski definition) is 2. The number of amides is 1. The minimum atomic E-state index is -4.84. The van der Waals surface area contributed by atoms with Gasteiger partial charge in [0.25, 0.3) is 11.8 Å². The van der Waals surface area contributed by atoms with Crippen LogP contribution in [0.5, 0.6) is 11.6 Å². The molecule has 1 unspecified atom stereocenters. The fourth-order valence-electron chi connectivity index (χ4n) is 2.91. The third kappa shape index (κ3) is 5.69. The van der Waals surface area contributed by atoms with E-state index in [1.165, 1.54) is 30.5 Å². The second-order valence-electron chi connectivity index (χ2n) is 7.21. The average molecular weight is 543 g/mol. The summed E-state index contributed by atoms with van der Waals surface area (Å²) in [5.74, 6) is -1.11. The second-order valence-corrected chi connectivity index (χ2v) is 10.2. The van der Waals surface area contributed by atoms with Crippen molar-refractivity contribution in [2.24, 2.45) is 0 Å². The summed E-state index contributed by atoms with van der Waals surface area (Å²) in [5.41, 5.74) is -1.29. The summed E-state index contributed by atoms with van der Waals surface area (Å²) in [7, 11) is -3.07. The largest absolute Gasteiger partial charge is 0.436 e. The molecular weight excluding hydrogens is 525 g/mol. The molecule has 0 bridgehead atoms. The van der Waals surface area contributed by atoms with E-state index in [2.05, 4.69) is 31.4 Å². The molecule has 2 aromatic carbocycles. The lowest BCUT2D eigenvalue weighted by Gasteiger charge is -2.16. The highest BCUT2D eigenvalue weighted by Crippen LogP contribution is 2.36. The molecular formula is C21H18BrF3N4O3S. The first-order valence-electron chi connectivity index (χ1n) is 9.31. The van der Waals surface area contributed by atoms with Gasteiger partial charge in [0.05, 0.1) is 14.2 Å². The molecule has 3 rings (SSSR count). The van der Waals surface area contributed by atoms with Crippen LogP contribution in [0.15, 0.2) is 51.8 Å². The van der Waals surface area contributed by atoms with E-state index in [1.807, 2.05) is 0 Å². The highest BCUT2D eigenvalue weighted by molar-refractivity contribution is 9.10. The van der Waals surface area contributed by atoms with Crippen LogP contribution in [0, 0.1) is 18.6 Å². The van der Waals surface area contributed by atoms with E-state index in [0.29, 0.717) is 4.47 Å². The van der Waals surface area contributed by atoms with Crippen molar-refractivity contribution in [3.05, 3.63) is 69.3 Å². The Bertz CT molecular complexity index is 1350. The molecule has 7 nitrogen and oxygen atoms in total. The van der Waals surface area contributed by atoms with Crippen LogP contribution in [0.3, 0.4) is 0 Å². The number of nitrogens with one attached hydrogen (secondary N) is 2. The van der Waals surface area contributed by atoms with Crippen LogP contribution in [0.2, 0.25) is 0 Å². The molecule has 1 amide bonds. The summed E-state index contributed by atoms with van der Waals surface area (Å²) in [4.78, 5) is 13.2. The number of alkyl halides is 3. The van der Waals surface area contributed by atoms with Gasteiger partial charge in [0, 0.05) is 16.8 Å². The highest BCUT2D eigenvalue weighted by atomic mass is 79.9. The number of hydrogen-bond acceptors (Lipinski definition) is 6. The quantitative estimate of drug-likeness (QED) is 0.414. The molecule has 0 saturated carbocycles. The summed E-state index contributed by atoms with van der Waals surface area (Å²) in [6, 6.07) is 10.8. The van der Waals surface area contributed by atoms with Crippen LogP contribution in [-0.4, -0.2) is 26.6 Å². The molecule has 1 aromatic heterocycles. The maximum Gasteiger partial charge on any atom is 0.435 e. The lowest BCUT2D eigenvalue weighted by atomic mass is 10.1. The van der Waals surface area contributed by atoms with E-state index in [9.17, 15) is 22.2 Å². The number of benzene rings is 2. The summed E-state index contributed by atoms with van der Waals surface area (Å²) < 4.78 is 66.2. The smallest absolute Gasteiger partial charge is 0.435 e. The monoisotopic (exact) mass is 542 g/mol. The molecule has 0 saturated heterocycles. The van der Waals surface area contributed by atoms with Crippen LogP contribution in [0.4, 0.5) is 18.9 Å². The first-order valence-corrected chi connectivity index (χ1v) is 12.1. The first kappa shape index (κ1) is 24.6. The van der Waals surface area contributed by atoms with Crippen molar-refractivity contribution in [2.45, 2.75) is 24.9 Å². The van der Waals surface area contributed by atoms with Gasteiger partial charge in [-0.3, -0.25) is 4.79 Å². The molecule has 2 N–H and O–H groups in total. The normalized spacial score (nSPS) is 13.3. The SMILES string of the molecule is Cc1ccc(Br)c(Oc2nnc(C(F)(F)F)c(C)c2C(=O)Nc2cccc(S(C)(=N)=O)c2)c1. The maximum absolute atomic E-state index is 13.4. The van der Waals surface area contributed by atoms with Gasteiger partial charge in [-0.05, 0) is 71.2 Å². The molecule has 0 aliphatic heterocycles. The van der Waals surface area contributed by atoms with Crippen molar-refractivity contribution in [2.75, 3.05) is 11.6 Å². The Labute approximate surface area is 196 Å². The maximum atomic E-state index is 13.4. The van der Waals surface area contributed by atoms with E-state index in [-0.39, 0.29) is 16.3 Å². The lowest BCUT2D eigenvalue weighted by molar-refractivity contribution is -0.142. The van der Waals surface area contributed by atoms with Gasteiger partial charge in [-0.25, -0.2) is 8.99 Å². The van der Waals surface area contributed by atoms with Gasteiger partial charge in [-0.2, -0.15) is 13.2 Å². The number of aromatic nitrogens is 2. The Balaban J connectivity index is 2.09. The fraction of sp³-hybridized carbons (Fsp3) is 0.190.